The molecular formula is C42H65N3O6. The number of nitrogens with one attached hydrogen (secondary N) is 1. The number of carbonyl (C=O) groups is 5. The summed E-state index contributed by atoms with van der Waals surface area (Å²) in [5.41, 5.74) is -1.86. The Kier molecular flexibility index (Phi) is 10.3. The zero-order chi connectivity index (χ0) is 37.1. The van der Waals surface area contributed by atoms with Crippen molar-refractivity contribution < 1.29 is 29.1 Å². The van der Waals surface area contributed by atoms with Gasteiger partial charge in [-0.2, -0.15) is 0 Å². The van der Waals surface area contributed by atoms with Gasteiger partial charge in [0.1, 0.15) is 0 Å². The van der Waals surface area contributed by atoms with E-state index in [1.165, 1.54) is 0 Å². The highest BCUT2D eigenvalue weighted by atomic mass is 16.4. The molecule has 284 valence electrons. The van der Waals surface area contributed by atoms with Crippen LogP contribution in [0.1, 0.15) is 131 Å². The third-order valence-electron chi connectivity index (χ3n) is 15.6. The second-order valence-electron chi connectivity index (χ2n) is 19.2. The molecule has 0 aromatic carbocycles. The van der Waals surface area contributed by atoms with E-state index in [0.29, 0.717) is 25.9 Å². The van der Waals surface area contributed by atoms with E-state index in [2.05, 4.69) is 37.6 Å². The van der Waals surface area contributed by atoms with Gasteiger partial charge in [0.2, 0.25) is 11.8 Å². The minimum atomic E-state index is -1.14. The average molecular weight is 708 g/mol. The fourth-order valence-electron chi connectivity index (χ4n) is 11.8. The van der Waals surface area contributed by atoms with E-state index in [1.54, 1.807) is 11.0 Å². The Balaban J connectivity index is 1.26. The molecule has 0 aromatic heterocycles. The Bertz CT molecular complexity index is 1420. The van der Waals surface area contributed by atoms with Crippen molar-refractivity contribution in [3.8, 4) is 0 Å². The minimum Gasteiger partial charge on any atom is -0.481 e. The summed E-state index contributed by atoms with van der Waals surface area (Å²) >= 11 is 0. The Labute approximate surface area is 306 Å². The zero-order valence-electron chi connectivity index (χ0n) is 32.4. The lowest BCUT2D eigenvalue weighted by atomic mass is 9.73. The van der Waals surface area contributed by atoms with E-state index in [-0.39, 0.29) is 70.2 Å². The number of Topliss-reactive ketones (excluding diaryl/α,β-unsaturated/α-hetero) is 2. The van der Waals surface area contributed by atoms with Gasteiger partial charge in [-0.3, -0.25) is 24.0 Å². The number of allylic oxidation sites excluding steroid dienone is 1. The van der Waals surface area contributed by atoms with Gasteiger partial charge in [0.05, 0.1) is 23.4 Å². The number of hydrogen-bond acceptors (Lipinski definition) is 6. The molecular weight excluding hydrogens is 642 g/mol. The van der Waals surface area contributed by atoms with Crippen molar-refractivity contribution in [1.82, 2.24) is 15.1 Å². The first-order valence-corrected chi connectivity index (χ1v) is 20.2. The van der Waals surface area contributed by atoms with E-state index in [0.717, 1.165) is 77.3 Å². The van der Waals surface area contributed by atoms with Crippen LogP contribution in [0.15, 0.2) is 12.7 Å². The van der Waals surface area contributed by atoms with Crippen molar-refractivity contribution in [2.75, 3.05) is 26.2 Å². The molecule has 2 N–H and O–H groups in total. The smallest absolute Gasteiger partial charge is 0.310 e. The van der Waals surface area contributed by atoms with Crippen LogP contribution in [0, 0.1) is 50.7 Å². The average Bonchev–Trinajstić information content (AvgIpc) is 3.80. The summed E-state index contributed by atoms with van der Waals surface area (Å²) in [4.78, 5) is 74.3. The molecule has 0 bridgehead atoms. The third kappa shape index (κ3) is 6.33. The van der Waals surface area contributed by atoms with Gasteiger partial charge in [-0.1, -0.05) is 73.3 Å². The van der Waals surface area contributed by atoms with Crippen molar-refractivity contribution in [3.63, 3.8) is 0 Å². The first kappa shape index (κ1) is 38.2. The van der Waals surface area contributed by atoms with Gasteiger partial charge in [0, 0.05) is 37.3 Å². The molecule has 6 aliphatic rings. The topological polar surface area (TPSA) is 124 Å². The molecule has 2 heterocycles. The van der Waals surface area contributed by atoms with Crippen LogP contribution in [0.3, 0.4) is 0 Å². The maximum atomic E-state index is 15.1. The van der Waals surface area contributed by atoms with E-state index in [9.17, 15) is 24.3 Å². The molecule has 6 rings (SSSR count). The lowest BCUT2D eigenvalue weighted by Gasteiger charge is -2.38. The van der Waals surface area contributed by atoms with Crippen LogP contribution in [0.25, 0.3) is 0 Å². The third-order valence-corrected chi connectivity index (χ3v) is 15.6. The van der Waals surface area contributed by atoms with Crippen molar-refractivity contribution in [2.24, 2.45) is 50.7 Å². The number of aliphatic carboxylic acids is 1. The summed E-state index contributed by atoms with van der Waals surface area (Å²) in [5, 5.41) is 13.4. The SMILES string of the molecule is C=C[C@@H]1C[C@]1(CC(=O)[C@@H]1C[C@@]2(CN1C(=O)[C@@H](CC(=O)[C@@H](NC(=O)[C@@H]1CCCN(CC)C1)C1CCCCC1)C(C)(C)C)C(C)(C)C21CCC1)C(=O)O. The summed E-state index contributed by atoms with van der Waals surface area (Å²) in [6.07, 6.45) is 12.5. The number of hydrogen-bond donors (Lipinski definition) is 2. The second kappa shape index (κ2) is 13.7. The molecule has 51 heavy (non-hydrogen) atoms. The van der Waals surface area contributed by atoms with Gasteiger partial charge in [-0.05, 0) is 92.5 Å². The largest absolute Gasteiger partial charge is 0.481 e. The number of fused-ring (bicyclic) bond motifs is 1. The second-order valence-corrected chi connectivity index (χ2v) is 19.2. The van der Waals surface area contributed by atoms with Gasteiger partial charge in [0.25, 0.3) is 0 Å². The van der Waals surface area contributed by atoms with Crippen LogP contribution in [0.5, 0.6) is 0 Å². The highest BCUT2D eigenvalue weighted by molar-refractivity contribution is 5.97. The van der Waals surface area contributed by atoms with Crippen LogP contribution in [0.4, 0.5) is 0 Å². The van der Waals surface area contributed by atoms with Crippen molar-refractivity contribution in [2.45, 2.75) is 144 Å². The van der Waals surface area contributed by atoms with Gasteiger partial charge in [0.15, 0.2) is 11.6 Å². The molecule has 2 amide bonds. The normalized spacial score (nSPS) is 34.0. The van der Waals surface area contributed by atoms with Crippen molar-refractivity contribution in [1.29, 1.82) is 0 Å². The molecule has 2 saturated heterocycles. The lowest BCUT2D eigenvalue weighted by Crippen LogP contribution is -2.53. The highest BCUT2D eigenvalue weighted by Gasteiger charge is 2.85. The number of rotatable bonds is 13. The van der Waals surface area contributed by atoms with Crippen molar-refractivity contribution >= 4 is 29.4 Å². The van der Waals surface area contributed by atoms with Gasteiger partial charge < -0.3 is 20.2 Å². The molecule has 7 atom stereocenters. The number of nitrogens with zero attached hydrogens (tertiary/aromatic N) is 2. The quantitative estimate of drug-likeness (QED) is 0.211. The summed E-state index contributed by atoms with van der Waals surface area (Å²) in [5.74, 6) is -2.48. The number of carboxylic acid groups (broad SMARTS) is 1. The van der Waals surface area contributed by atoms with Crippen LogP contribution < -0.4 is 5.32 Å². The number of carbonyl (C=O) groups excluding carboxylic acids is 4. The van der Waals surface area contributed by atoms with E-state index >= 15 is 4.79 Å². The standard InChI is InChI=1S/C42H65N3O6/c1-8-29-22-40(29,37(50)51)24-33(47)31-23-42(39(6,7)41(42)18-14-19-41)26-45(31)36(49)30(38(3,4)5)21-32(46)34(27-15-11-10-12-16-27)43-35(48)28-17-13-20-44(9-2)25-28/h8,27-31,34H,1,9-26H2,2-7H3,(H,43,48)(H,50,51)/t28-,29-,30-,31+,34+,40-,42-/m1/s1. The van der Waals surface area contributed by atoms with E-state index in [4.69, 9.17) is 0 Å². The molecule has 4 saturated carbocycles. The molecule has 0 radical (unpaired) electrons. The molecule has 0 aromatic rings. The molecule has 2 aliphatic heterocycles. The van der Waals surface area contributed by atoms with Crippen LogP contribution in [0.2, 0.25) is 0 Å². The van der Waals surface area contributed by atoms with Crippen LogP contribution in [-0.2, 0) is 24.0 Å². The summed E-state index contributed by atoms with van der Waals surface area (Å²) in [7, 11) is 0. The van der Waals surface area contributed by atoms with Crippen molar-refractivity contribution in [3.05, 3.63) is 12.7 Å². The predicted molar refractivity (Wildman–Crippen MR) is 197 cm³/mol. The molecule has 6 fully saturated rings. The summed E-state index contributed by atoms with van der Waals surface area (Å²) in [6.45, 7) is 19.5. The zero-order valence-corrected chi connectivity index (χ0v) is 32.4. The monoisotopic (exact) mass is 707 g/mol. The molecule has 9 nitrogen and oxygen atoms in total. The number of likely N-dealkylation sites (tertiary alicyclic amines) is 2. The molecule has 2 spiro atoms. The van der Waals surface area contributed by atoms with Gasteiger partial charge in [-0.25, -0.2) is 0 Å². The van der Waals surface area contributed by atoms with Crippen LogP contribution in [-0.4, -0.2) is 82.5 Å². The van der Waals surface area contributed by atoms with Gasteiger partial charge >= 0.3 is 5.97 Å². The summed E-state index contributed by atoms with van der Waals surface area (Å²) in [6, 6.07) is -1.34. The first-order valence-electron chi connectivity index (χ1n) is 20.2. The Hall–Kier alpha value is -2.55. The molecule has 9 heteroatoms. The molecule has 4 aliphatic carbocycles. The number of amides is 2. The highest BCUT2D eigenvalue weighted by Crippen LogP contribution is 2.88. The van der Waals surface area contributed by atoms with E-state index in [1.807, 2.05) is 20.8 Å². The van der Waals surface area contributed by atoms with E-state index < -0.39 is 34.8 Å². The van der Waals surface area contributed by atoms with Crippen LogP contribution >= 0.6 is 0 Å². The fraction of sp³-hybridized carbons (Fsp3) is 0.833. The lowest BCUT2D eigenvalue weighted by molar-refractivity contribution is -0.149. The number of piperidine rings is 1. The van der Waals surface area contributed by atoms with Gasteiger partial charge in [-0.15, -0.1) is 6.58 Å². The predicted octanol–water partition coefficient (Wildman–Crippen LogP) is 6.44. The Morgan fingerprint density at radius 1 is 0.961 bits per heavy atom. The fourth-order valence-corrected chi connectivity index (χ4v) is 11.8. The maximum absolute atomic E-state index is 15.1. The minimum absolute atomic E-state index is 0.00603. The number of ketones is 2. The Morgan fingerprint density at radius 2 is 1.65 bits per heavy atom. The number of carboxylic acids is 1. The molecule has 0 unspecified atom stereocenters. The Morgan fingerprint density at radius 3 is 2.18 bits per heavy atom. The maximum Gasteiger partial charge on any atom is 0.310 e. The summed E-state index contributed by atoms with van der Waals surface area (Å²) < 4.78 is 0. The first-order chi connectivity index (χ1) is 24.0.